The molecule has 21 rings (SSSR count). The molecule has 122 heavy (non-hydrogen) atoms. The summed E-state index contributed by atoms with van der Waals surface area (Å²) in [4.78, 5) is 60.1. The topological polar surface area (TPSA) is 155 Å². The van der Waals surface area contributed by atoms with Crippen LogP contribution in [0.15, 0.2) is 364 Å². The summed E-state index contributed by atoms with van der Waals surface area (Å²) in [5, 5.41) is 6.28. The van der Waals surface area contributed by atoms with Crippen molar-refractivity contribution in [3.05, 3.63) is 398 Å². The number of benzene rings is 12. The van der Waals surface area contributed by atoms with Gasteiger partial charge >= 0.3 is 0 Å². The molecule has 0 radical (unpaired) electrons. The lowest BCUT2D eigenvalue weighted by Gasteiger charge is -2.14. The number of hydrogen-bond acceptors (Lipinski definition) is 12. The highest BCUT2D eigenvalue weighted by Gasteiger charge is 2.22. The third-order valence-electron chi connectivity index (χ3n) is 22.2. The van der Waals surface area contributed by atoms with Gasteiger partial charge in [-0.25, -0.2) is 29.9 Å². The van der Waals surface area contributed by atoms with Crippen molar-refractivity contribution in [3.63, 3.8) is 0 Å². The summed E-state index contributed by atoms with van der Waals surface area (Å²) in [5.74, 6) is 2.39. The second kappa shape index (κ2) is 33.4. The van der Waals surface area contributed by atoms with Crippen LogP contribution in [0.5, 0.6) is 0 Å². The molecule has 12 heteroatoms. The van der Waals surface area contributed by atoms with Crippen molar-refractivity contribution < 1.29 is 0 Å². The fourth-order valence-electron chi connectivity index (χ4n) is 15.9. The van der Waals surface area contributed by atoms with Crippen molar-refractivity contribution in [2.24, 2.45) is 0 Å². The minimum absolute atomic E-state index is 0.333. The summed E-state index contributed by atoms with van der Waals surface area (Å²) in [6.07, 6.45) is 0. The van der Waals surface area contributed by atoms with Gasteiger partial charge in [0.05, 0.1) is 67.3 Å². The fourth-order valence-corrected chi connectivity index (χ4v) is 15.9. The van der Waals surface area contributed by atoms with Gasteiger partial charge in [-0.3, -0.25) is 29.9 Å². The van der Waals surface area contributed by atoms with E-state index in [2.05, 4.69) is 293 Å². The average Bonchev–Trinajstić information content (AvgIpc) is 0.762. The van der Waals surface area contributed by atoms with Gasteiger partial charge in [0, 0.05) is 117 Å². The van der Waals surface area contributed by atoms with Crippen molar-refractivity contribution in [1.82, 2.24) is 59.8 Å². The summed E-state index contributed by atoms with van der Waals surface area (Å²) in [6, 6.07) is 126. The molecule has 12 nitrogen and oxygen atoms in total. The Balaban J connectivity index is 0.000000121. The van der Waals surface area contributed by atoms with Crippen molar-refractivity contribution in [2.75, 3.05) is 0 Å². The molecule has 12 aromatic carbocycles. The highest BCUT2D eigenvalue weighted by atomic mass is 14.9. The van der Waals surface area contributed by atoms with Crippen LogP contribution >= 0.6 is 0 Å². The van der Waals surface area contributed by atoms with Gasteiger partial charge in [0.25, 0.3) is 0 Å². The van der Waals surface area contributed by atoms with Crippen LogP contribution in [0.25, 0.3) is 201 Å². The Bertz CT molecular complexity index is 7170. The molecule has 0 aliphatic carbocycles. The molecule has 0 fully saturated rings. The van der Waals surface area contributed by atoms with Gasteiger partial charge < -0.3 is 0 Å². The number of aryl methyl sites for hydroxylation is 5. The lowest BCUT2D eigenvalue weighted by atomic mass is 9.99. The predicted molar refractivity (Wildman–Crippen MR) is 501 cm³/mol. The second-order valence-corrected chi connectivity index (χ2v) is 31.1. The Hall–Kier alpha value is -15.7. The van der Waals surface area contributed by atoms with Crippen LogP contribution in [-0.2, 0) is 0 Å². The molecule has 9 heterocycles. The lowest BCUT2D eigenvalue weighted by Crippen LogP contribution is -1.99. The molecule has 0 aliphatic rings. The maximum absolute atomic E-state index is 5.13. The molecular weight excluding hydrogens is 1490 g/mol. The van der Waals surface area contributed by atoms with Gasteiger partial charge in [0.1, 0.15) is 0 Å². The fraction of sp³-hybridized carbons (Fsp3) is 0.0727. The Labute approximate surface area is 708 Å². The van der Waals surface area contributed by atoms with E-state index < -0.39 is 0 Å². The smallest absolute Gasteiger partial charge is 0.161 e. The van der Waals surface area contributed by atoms with Crippen LogP contribution in [0.2, 0.25) is 0 Å². The van der Waals surface area contributed by atoms with Crippen LogP contribution in [-0.4, -0.2) is 59.8 Å². The molecule has 0 amide bonds. The molecule has 0 saturated carbocycles. The van der Waals surface area contributed by atoms with Gasteiger partial charge in [-0.15, -0.1) is 0 Å². The van der Waals surface area contributed by atoms with E-state index in [1.54, 1.807) is 0 Å². The monoisotopic (exact) mass is 1570 g/mol. The number of fused-ring (bicyclic) bond motifs is 9. The molecule has 0 bridgehead atoms. The first-order valence-electron chi connectivity index (χ1n) is 41.2. The zero-order valence-electron chi connectivity index (χ0n) is 68.6. The highest BCUT2D eigenvalue weighted by molar-refractivity contribution is 6.11. The summed E-state index contributed by atoms with van der Waals surface area (Å²) in [5.41, 5.74) is 32.6. The number of rotatable bonds is 13. The van der Waals surface area contributed by atoms with E-state index >= 15 is 0 Å². The summed E-state index contributed by atoms with van der Waals surface area (Å²) >= 11 is 0. The van der Waals surface area contributed by atoms with Crippen molar-refractivity contribution in [2.45, 2.75) is 54.4 Å². The number of aromatic nitrogens is 12. The largest absolute Gasteiger partial charge is 0.251 e. The van der Waals surface area contributed by atoms with Crippen LogP contribution in [0.1, 0.15) is 53.9 Å². The van der Waals surface area contributed by atoms with Gasteiger partial charge in [-0.1, -0.05) is 323 Å². The standard InChI is InChI=1S/C38H30N4.2C36H26N4/c1-24(2)33-21-19-29-18-20-31-32(22-25(3)39-37(31)36(29)40-33)35-23-34(41-38(42-35)30-12-8-5-9-13-30)28-16-14-27(15-17-28)26-10-6-4-7-11-26;1-23-13-14-29-19-20-30-31(21-24(2)38-35(30)34(29)37-23)36-39-32(27-11-7-4-8-12-27)22-33(40-36)28-17-15-26(16-18-28)25-9-5-3-6-10-25;1-23-13-14-28-19-20-30-31(21-24(2)38-35(30)34(28)37-23)33-22-32(27-11-7-4-8-12-27)39-36(40-33)29-17-15-26(16-18-29)25-9-5-3-6-10-25/h4-24H,1-3H3;2*3-22H,1-2H3. The molecule has 0 N–H and O–H groups in total. The third kappa shape index (κ3) is 15.9. The second-order valence-electron chi connectivity index (χ2n) is 31.1. The van der Waals surface area contributed by atoms with Crippen molar-refractivity contribution in [3.8, 4) is 135 Å². The first-order valence-corrected chi connectivity index (χ1v) is 41.2. The summed E-state index contributed by atoms with van der Waals surface area (Å²) in [7, 11) is 0. The van der Waals surface area contributed by atoms with E-state index in [0.717, 1.165) is 189 Å². The molecule has 9 aromatic heterocycles. The zero-order valence-corrected chi connectivity index (χ0v) is 68.6. The Kier molecular flexibility index (Phi) is 20.9. The van der Waals surface area contributed by atoms with E-state index in [1.165, 1.54) is 27.8 Å². The van der Waals surface area contributed by atoms with Crippen molar-refractivity contribution >= 4 is 65.4 Å². The predicted octanol–water partition coefficient (Wildman–Crippen LogP) is 27.4. The number of pyridine rings is 6. The van der Waals surface area contributed by atoms with Gasteiger partial charge in [-0.2, -0.15) is 0 Å². The Morgan fingerprint density at radius 3 is 0.787 bits per heavy atom. The molecule has 0 atom stereocenters. The quantitative estimate of drug-likeness (QED) is 0.101. The van der Waals surface area contributed by atoms with Gasteiger partial charge in [0.15, 0.2) is 17.5 Å². The van der Waals surface area contributed by atoms with Gasteiger partial charge in [-0.05, 0) is 129 Å². The maximum atomic E-state index is 5.13. The molecule has 0 aliphatic heterocycles. The molecule has 0 unspecified atom stereocenters. The Morgan fingerprint density at radius 1 is 0.172 bits per heavy atom. The van der Waals surface area contributed by atoms with E-state index in [1.807, 2.05) is 120 Å². The first kappa shape index (κ1) is 76.3. The summed E-state index contributed by atoms with van der Waals surface area (Å²) in [6.45, 7) is 14.4. The molecule has 582 valence electrons. The van der Waals surface area contributed by atoms with Crippen molar-refractivity contribution in [1.29, 1.82) is 0 Å². The molecular formula is C110H82N12. The number of nitrogens with zero attached hydrogens (tertiary/aromatic N) is 12. The lowest BCUT2D eigenvalue weighted by molar-refractivity contribution is 0.830. The van der Waals surface area contributed by atoms with Crippen LogP contribution < -0.4 is 0 Å². The van der Waals surface area contributed by atoms with Gasteiger partial charge in [0.2, 0.25) is 0 Å². The first-order chi connectivity index (χ1) is 59.8. The minimum Gasteiger partial charge on any atom is -0.251 e. The Morgan fingerprint density at radius 2 is 0.418 bits per heavy atom. The highest BCUT2D eigenvalue weighted by Crippen LogP contribution is 2.41. The summed E-state index contributed by atoms with van der Waals surface area (Å²) < 4.78 is 0. The number of hydrogen-bond donors (Lipinski definition) is 0. The molecule has 0 saturated heterocycles. The van der Waals surface area contributed by atoms with Crippen LogP contribution in [0.3, 0.4) is 0 Å². The van der Waals surface area contributed by atoms with E-state index in [9.17, 15) is 0 Å². The third-order valence-corrected chi connectivity index (χ3v) is 22.2. The zero-order chi connectivity index (χ0) is 82.7. The van der Waals surface area contributed by atoms with E-state index in [-0.39, 0.29) is 0 Å². The normalized spacial score (nSPS) is 11.3. The van der Waals surface area contributed by atoms with E-state index in [4.69, 9.17) is 59.8 Å². The molecule has 21 aromatic rings. The van der Waals surface area contributed by atoms with Crippen LogP contribution in [0.4, 0.5) is 0 Å². The van der Waals surface area contributed by atoms with Crippen LogP contribution in [0, 0.1) is 34.6 Å². The average molecular weight is 1570 g/mol. The van der Waals surface area contributed by atoms with E-state index in [0.29, 0.717) is 23.4 Å². The maximum Gasteiger partial charge on any atom is 0.161 e. The molecule has 0 spiro atoms. The minimum atomic E-state index is 0.333. The SMILES string of the molecule is Cc1cc(-c2cc(-c3ccc(-c4ccccc4)cc3)nc(-c3ccccc3)n2)c2ccc3ccc(C(C)C)nc3c2n1.Cc1ccc2ccc3c(-c4cc(-c5ccccc5)nc(-c5ccc(-c6ccccc6)cc5)n4)cc(C)nc3c2n1.Cc1ccc2ccc3c(-c4nc(-c5ccccc5)cc(-c5ccc(-c6ccccc6)cc5)n4)cc(C)nc3c2n1.